The van der Waals surface area contributed by atoms with Crippen LogP contribution < -0.4 is 0 Å². The highest BCUT2D eigenvalue weighted by Gasteiger charge is 2.22. The molecule has 33 heavy (non-hydrogen) atoms. The van der Waals surface area contributed by atoms with Crippen molar-refractivity contribution >= 4 is 29.2 Å². The van der Waals surface area contributed by atoms with Crippen LogP contribution in [-0.2, 0) is 22.7 Å². The van der Waals surface area contributed by atoms with Gasteiger partial charge in [0.05, 0.1) is 6.54 Å². The molecule has 1 unspecified atom stereocenters. The summed E-state index contributed by atoms with van der Waals surface area (Å²) < 4.78 is 0. The van der Waals surface area contributed by atoms with E-state index in [4.69, 9.17) is 0 Å². The molecule has 3 rings (SSSR count). The van der Waals surface area contributed by atoms with E-state index in [2.05, 4.69) is 13.8 Å². The van der Waals surface area contributed by atoms with E-state index in [0.717, 1.165) is 22.4 Å². The molecule has 0 aliphatic rings. The highest BCUT2D eigenvalue weighted by Crippen LogP contribution is 2.16. The van der Waals surface area contributed by atoms with Gasteiger partial charge in [-0.3, -0.25) is 9.59 Å². The number of carbonyl (C=O) groups is 2. The van der Waals surface area contributed by atoms with Gasteiger partial charge < -0.3 is 9.80 Å². The third kappa shape index (κ3) is 8.03. The van der Waals surface area contributed by atoms with Crippen molar-refractivity contribution in [3.8, 4) is 0 Å². The summed E-state index contributed by atoms with van der Waals surface area (Å²) in [5.41, 5.74) is 2.04. The van der Waals surface area contributed by atoms with Crippen molar-refractivity contribution in [2.75, 3.05) is 13.1 Å². The van der Waals surface area contributed by atoms with Gasteiger partial charge in [0.1, 0.15) is 6.54 Å². The molecule has 0 aliphatic heterocycles. The Kier molecular flexibility index (Phi) is 9.45. The van der Waals surface area contributed by atoms with Crippen LogP contribution in [0.2, 0.25) is 0 Å². The molecule has 2 amide bonds. The Labute approximate surface area is 201 Å². The molecule has 1 atom stereocenters. The molecule has 2 aromatic carbocycles. The van der Waals surface area contributed by atoms with E-state index in [1.165, 1.54) is 0 Å². The zero-order chi connectivity index (χ0) is 23.5. The van der Waals surface area contributed by atoms with Crippen molar-refractivity contribution in [2.45, 2.75) is 33.4 Å². The van der Waals surface area contributed by atoms with Gasteiger partial charge in [0.2, 0.25) is 11.8 Å². The quantitative estimate of drug-likeness (QED) is 0.336. The zero-order valence-electron chi connectivity index (χ0n) is 19.4. The molecule has 1 aromatic heterocycles. The molecule has 3 aromatic rings. The smallest absolute Gasteiger partial charge is 0.247 e. The molecule has 1 heterocycles. The van der Waals surface area contributed by atoms with Crippen molar-refractivity contribution in [3.05, 3.63) is 100 Å². The number of hydrogen-bond donors (Lipinski definition) is 0. The van der Waals surface area contributed by atoms with Crippen molar-refractivity contribution in [2.24, 2.45) is 5.92 Å². The van der Waals surface area contributed by atoms with Gasteiger partial charge in [-0.05, 0) is 34.6 Å². The maximum atomic E-state index is 13.4. The van der Waals surface area contributed by atoms with Gasteiger partial charge in [-0.1, -0.05) is 87.0 Å². The molecule has 0 saturated heterocycles. The van der Waals surface area contributed by atoms with Gasteiger partial charge in [-0.25, -0.2) is 0 Å². The summed E-state index contributed by atoms with van der Waals surface area (Å²) in [5.74, 6) is 0.132. The predicted octanol–water partition coefficient (Wildman–Crippen LogP) is 5.87. The Morgan fingerprint density at radius 2 is 1.61 bits per heavy atom. The highest BCUT2D eigenvalue weighted by molar-refractivity contribution is 7.09. The topological polar surface area (TPSA) is 40.6 Å². The second kappa shape index (κ2) is 12.8. The predicted molar refractivity (Wildman–Crippen MR) is 137 cm³/mol. The zero-order valence-corrected chi connectivity index (χ0v) is 20.2. The lowest BCUT2D eigenvalue weighted by molar-refractivity contribution is -0.139. The van der Waals surface area contributed by atoms with E-state index in [9.17, 15) is 9.59 Å². The van der Waals surface area contributed by atoms with Crippen LogP contribution in [0.15, 0.2) is 84.3 Å². The number of benzene rings is 2. The lowest BCUT2D eigenvalue weighted by Gasteiger charge is -2.28. The van der Waals surface area contributed by atoms with E-state index in [-0.39, 0.29) is 18.4 Å². The van der Waals surface area contributed by atoms with Crippen LogP contribution >= 0.6 is 11.3 Å². The first-order chi connectivity index (χ1) is 16.0. The third-order valence-corrected chi connectivity index (χ3v) is 6.44. The maximum absolute atomic E-state index is 13.4. The monoisotopic (exact) mass is 460 g/mol. The van der Waals surface area contributed by atoms with Gasteiger partial charge in [-0.15, -0.1) is 11.3 Å². The number of hydrogen-bond acceptors (Lipinski definition) is 3. The van der Waals surface area contributed by atoms with E-state index in [1.807, 2.05) is 89.2 Å². The Bertz CT molecular complexity index is 1020. The second-order valence-corrected chi connectivity index (χ2v) is 9.32. The molecule has 0 saturated carbocycles. The Morgan fingerprint density at radius 3 is 2.24 bits per heavy atom. The molecule has 0 radical (unpaired) electrons. The lowest BCUT2D eigenvalue weighted by Crippen LogP contribution is -2.43. The normalized spacial score (nSPS) is 11.9. The molecular formula is C28H32N2O2S. The molecule has 4 nitrogen and oxygen atoms in total. The van der Waals surface area contributed by atoms with Gasteiger partial charge in [0.15, 0.2) is 0 Å². The van der Waals surface area contributed by atoms with Crippen LogP contribution in [0.5, 0.6) is 0 Å². The summed E-state index contributed by atoms with van der Waals surface area (Å²) in [5, 5.41) is 2.02. The Hall–Kier alpha value is -3.18. The first-order valence-corrected chi connectivity index (χ1v) is 12.3. The van der Waals surface area contributed by atoms with Crippen molar-refractivity contribution in [1.29, 1.82) is 0 Å². The molecule has 5 heteroatoms. The van der Waals surface area contributed by atoms with Gasteiger partial charge >= 0.3 is 0 Å². The first-order valence-electron chi connectivity index (χ1n) is 11.4. The number of nitrogens with zero attached hydrogens (tertiary/aromatic N) is 2. The SMILES string of the molecule is CCC(C)CN(CC(=O)N(Cc1ccccc1)Cc1cccs1)C(=O)/C=C/c1ccccc1. The number of rotatable bonds is 11. The fraction of sp³-hybridized carbons (Fsp3) is 0.286. The average molecular weight is 461 g/mol. The van der Waals surface area contributed by atoms with E-state index in [0.29, 0.717) is 25.6 Å². The number of carbonyl (C=O) groups excluding carboxylic acids is 2. The van der Waals surface area contributed by atoms with Crippen LogP contribution in [0.1, 0.15) is 36.3 Å². The fourth-order valence-electron chi connectivity index (χ4n) is 3.46. The summed E-state index contributed by atoms with van der Waals surface area (Å²) in [6.07, 6.45) is 4.33. The van der Waals surface area contributed by atoms with Crippen molar-refractivity contribution < 1.29 is 9.59 Å². The third-order valence-electron chi connectivity index (χ3n) is 5.58. The average Bonchev–Trinajstić information content (AvgIpc) is 3.36. The van der Waals surface area contributed by atoms with E-state index >= 15 is 0 Å². The van der Waals surface area contributed by atoms with Crippen molar-refractivity contribution in [1.82, 2.24) is 9.80 Å². The fourth-order valence-corrected chi connectivity index (χ4v) is 4.18. The molecule has 0 fully saturated rings. The van der Waals surface area contributed by atoms with Gasteiger partial charge in [-0.2, -0.15) is 0 Å². The van der Waals surface area contributed by atoms with Crippen molar-refractivity contribution in [3.63, 3.8) is 0 Å². The molecule has 172 valence electrons. The minimum Gasteiger partial charge on any atom is -0.332 e. The second-order valence-electron chi connectivity index (χ2n) is 8.29. The van der Waals surface area contributed by atoms with Gasteiger partial charge in [0.25, 0.3) is 0 Å². The molecule has 0 bridgehead atoms. The summed E-state index contributed by atoms with van der Waals surface area (Å²) in [4.78, 5) is 31.2. The van der Waals surface area contributed by atoms with E-state index in [1.54, 1.807) is 22.3 Å². The Balaban J connectivity index is 1.76. The number of thiophene rings is 1. The molecule has 0 N–H and O–H groups in total. The van der Waals surface area contributed by atoms with Gasteiger partial charge in [0, 0.05) is 24.0 Å². The first kappa shape index (κ1) is 24.5. The van der Waals surface area contributed by atoms with Crippen LogP contribution in [0.25, 0.3) is 6.08 Å². The Morgan fingerprint density at radius 1 is 0.909 bits per heavy atom. The van der Waals surface area contributed by atoms with E-state index < -0.39 is 0 Å². The minimum absolute atomic E-state index is 0.0444. The van der Waals surface area contributed by atoms with Crippen LogP contribution in [0.4, 0.5) is 0 Å². The molecule has 0 aliphatic carbocycles. The van der Waals surface area contributed by atoms with Crippen LogP contribution in [0, 0.1) is 5.92 Å². The molecular weight excluding hydrogens is 428 g/mol. The number of amides is 2. The summed E-state index contributed by atoms with van der Waals surface area (Å²) in [7, 11) is 0. The minimum atomic E-state index is -0.136. The summed E-state index contributed by atoms with van der Waals surface area (Å²) in [6.45, 7) is 5.89. The summed E-state index contributed by atoms with van der Waals surface area (Å²) in [6, 6.07) is 23.8. The summed E-state index contributed by atoms with van der Waals surface area (Å²) >= 11 is 1.64. The van der Waals surface area contributed by atoms with Crippen LogP contribution in [0.3, 0.4) is 0 Å². The highest BCUT2D eigenvalue weighted by atomic mass is 32.1. The standard InChI is InChI=1S/C28H32N2O2S/c1-3-23(2)19-29(27(31)17-16-24-11-6-4-7-12-24)22-28(32)30(21-26-15-10-18-33-26)20-25-13-8-5-9-14-25/h4-18,23H,3,19-22H2,1-2H3/b17-16+. The maximum Gasteiger partial charge on any atom is 0.247 e. The largest absolute Gasteiger partial charge is 0.332 e. The lowest BCUT2D eigenvalue weighted by atomic mass is 10.1. The van der Waals surface area contributed by atoms with Crippen LogP contribution in [-0.4, -0.2) is 34.7 Å². The molecule has 0 spiro atoms.